The number of piperidine rings is 1. The maximum atomic E-state index is 13.0. The standard InChI is InChI=1S/C22H30N4O3/c1-22(23,18-5-3-2-4-6-18)21(27)26-11-7-16(8-12-26)15-19-24-20(25-29-19)17-9-13-28-14-10-17/h2-6,16-17H,7-15,23H2,1H3. The molecule has 1 unspecified atom stereocenters. The first-order valence-electron chi connectivity index (χ1n) is 10.6. The van der Waals surface area contributed by atoms with Crippen LogP contribution in [-0.4, -0.2) is 47.3 Å². The topological polar surface area (TPSA) is 94.5 Å². The summed E-state index contributed by atoms with van der Waals surface area (Å²) in [7, 11) is 0. The number of carbonyl (C=O) groups is 1. The summed E-state index contributed by atoms with van der Waals surface area (Å²) in [4.78, 5) is 19.5. The summed E-state index contributed by atoms with van der Waals surface area (Å²) in [6.45, 7) is 4.76. The van der Waals surface area contributed by atoms with Gasteiger partial charge in [-0.2, -0.15) is 4.98 Å². The van der Waals surface area contributed by atoms with E-state index in [-0.39, 0.29) is 5.91 Å². The van der Waals surface area contributed by atoms with Gasteiger partial charge in [0.2, 0.25) is 11.8 Å². The van der Waals surface area contributed by atoms with E-state index in [1.54, 1.807) is 6.92 Å². The number of benzene rings is 1. The molecule has 0 aliphatic carbocycles. The molecule has 2 N–H and O–H groups in total. The van der Waals surface area contributed by atoms with Gasteiger partial charge in [-0.05, 0) is 44.1 Å². The minimum Gasteiger partial charge on any atom is -0.381 e. The summed E-state index contributed by atoms with van der Waals surface area (Å²) in [6, 6.07) is 9.59. The number of carbonyl (C=O) groups excluding carboxylic acids is 1. The number of aromatic nitrogens is 2. The molecule has 2 fully saturated rings. The summed E-state index contributed by atoms with van der Waals surface area (Å²) >= 11 is 0. The van der Waals surface area contributed by atoms with Crippen molar-refractivity contribution < 1.29 is 14.1 Å². The zero-order chi connectivity index (χ0) is 20.3. The van der Waals surface area contributed by atoms with Gasteiger partial charge < -0.3 is 19.9 Å². The molecule has 1 amide bonds. The number of rotatable bonds is 5. The van der Waals surface area contributed by atoms with Crippen LogP contribution in [0.2, 0.25) is 0 Å². The first-order chi connectivity index (χ1) is 14.0. The van der Waals surface area contributed by atoms with E-state index in [0.29, 0.717) is 30.8 Å². The second-order valence-electron chi connectivity index (χ2n) is 8.44. The van der Waals surface area contributed by atoms with E-state index in [2.05, 4.69) is 10.1 Å². The normalized spacial score (nSPS) is 21.1. The third kappa shape index (κ3) is 4.51. The van der Waals surface area contributed by atoms with Crippen LogP contribution in [0.1, 0.15) is 55.8 Å². The lowest BCUT2D eigenvalue weighted by atomic mass is 9.88. The Morgan fingerprint density at radius 3 is 2.55 bits per heavy atom. The molecule has 3 heterocycles. The molecular formula is C22H30N4O3. The Bertz CT molecular complexity index is 806. The Labute approximate surface area is 171 Å². The fraction of sp³-hybridized carbons (Fsp3) is 0.591. The molecule has 2 saturated heterocycles. The molecule has 2 aliphatic heterocycles. The first kappa shape index (κ1) is 20.0. The van der Waals surface area contributed by atoms with E-state index in [4.69, 9.17) is 15.0 Å². The molecule has 2 aliphatic rings. The lowest BCUT2D eigenvalue weighted by Gasteiger charge is -2.36. The molecule has 7 nitrogen and oxygen atoms in total. The third-order valence-corrected chi connectivity index (χ3v) is 6.25. The van der Waals surface area contributed by atoms with Crippen molar-refractivity contribution in [3.05, 3.63) is 47.6 Å². The predicted molar refractivity (Wildman–Crippen MR) is 108 cm³/mol. The first-order valence-corrected chi connectivity index (χ1v) is 10.6. The van der Waals surface area contributed by atoms with Crippen LogP contribution in [0, 0.1) is 5.92 Å². The molecular weight excluding hydrogens is 368 g/mol. The average molecular weight is 399 g/mol. The second kappa shape index (κ2) is 8.63. The minimum atomic E-state index is -1.00. The Morgan fingerprint density at radius 1 is 1.17 bits per heavy atom. The van der Waals surface area contributed by atoms with Gasteiger partial charge in [0.05, 0.1) is 0 Å². The van der Waals surface area contributed by atoms with Crippen LogP contribution in [0.15, 0.2) is 34.9 Å². The molecule has 7 heteroatoms. The summed E-state index contributed by atoms with van der Waals surface area (Å²) in [5.41, 5.74) is 6.26. The van der Waals surface area contributed by atoms with Gasteiger partial charge in [-0.3, -0.25) is 4.79 Å². The Balaban J connectivity index is 1.30. The van der Waals surface area contributed by atoms with E-state index >= 15 is 0 Å². The van der Waals surface area contributed by atoms with Gasteiger partial charge in [-0.25, -0.2) is 0 Å². The predicted octanol–water partition coefficient (Wildman–Crippen LogP) is 2.62. The van der Waals surface area contributed by atoms with Crippen molar-refractivity contribution in [3.8, 4) is 0 Å². The van der Waals surface area contributed by atoms with Gasteiger partial charge in [0.25, 0.3) is 0 Å². The molecule has 0 spiro atoms. The molecule has 156 valence electrons. The Hall–Kier alpha value is -2.25. The van der Waals surface area contributed by atoms with Gasteiger partial charge >= 0.3 is 0 Å². The largest absolute Gasteiger partial charge is 0.381 e. The Morgan fingerprint density at radius 2 is 1.86 bits per heavy atom. The summed E-state index contributed by atoms with van der Waals surface area (Å²) in [5, 5.41) is 4.19. The highest BCUT2D eigenvalue weighted by molar-refractivity contribution is 5.87. The second-order valence-corrected chi connectivity index (χ2v) is 8.44. The molecule has 0 radical (unpaired) electrons. The smallest absolute Gasteiger partial charge is 0.246 e. The van der Waals surface area contributed by atoms with Gasteiger partial charge in [-0.1, -0.05) is 35.5 Å². The quantitative estimate of drug-likeness (QED) is 0.832. The average Bonchev–Trinajstić information content (AvgIpc) is 3.23. The molecule has 1 atom stereocenters. The van der Waals surface area contributed by atoms with Crippen LogP contribution in [0.4, 0.5) is 0 Å². The maximum Gasteiger partial charge on any atom is 0.246 e. The number of hydrogen-bond acceptors (Lipinski definition) is 6. The highest BCUT2D eigenvalue weighted by Gasteiger charge is 2.36. The molecule has 0 saturated carbocycles. The minimum absolute atomic E-state index is 0.0123. The zero-order valence-electron chi connectivity index (χ0n) is 17.0. The maximum absolute atomic E-state index is 13.0. The van der Waals surface area contributed by atoms with Crippen LogP contribution in [-0.2, 0) is 21.5 Å². The fourth-order valence-corrected chi connectivity index (χ4v) is 4.30. The molecule has 0 bridgehead atoms. The number of nitrogens with zero attached hydrogens (tertiary/aromatic N) is 3. The zero-order valence-corrected chi connectivity index (χ0v) is 17.0. The van der Waals surface area contributed by atoms with Crippen molar-refractivity contribution in [1.29, 1.82) is 0 Å². The van der Waals surface area contributed by atoms with Crippen molar-refractivity contribution in [1.82, 2.24) is 15.0 Å². The number of likely N-dealkylation sites (tertiary alicyclic amines) is 1. The van der Waals surface area contributed by atoms with Crippen LogP contribution in [0.25, 0.3) is 0 Å². The van der Waals surface area contributed by atoms with Crippen molar-refractivity contribution in [2.24, 2.45) is 11.7 Å². The van der Waals surface area contributed by atoms with Gasteiger partial charge in [0, 0.05) is 38.6 Å². The summed E-state index contributed by atoms with van der Waals surface area (Å²) < 4.78 is 10.9. The van der Waals surface area contributed by atoms with E-state index in [0.717, 1.165) is 56.7 Å². The van der Waals surface area contributed by atoms with E-state index < -0.39 is 5.54 Å². The third-order valence-electron chi connectivity index (χ3n) is 6.25. The van der Waals surface area contributed by atoms with Crippen LogP contribution < -0.4 is 5.73 Å². The van der Waals surface area contributed by atoms with Crippen molar-refractivity contribution in [2.45, 2.75) is 50.5 Å². The number of ether oxygens (including phenoxy) is 1. The molecule has 29 heavy (non-hydrogen) atoms. The van der Waals surface area contributed by atoms with E-state index in [1.807, 2.05) is 35.2 Å². The lowest BCUT2D eigenvalue weighted by Crippen LogP contribution is -2.53. The van der Waals surface area contributed by atoms with Gasteiger partial charge in [0.1, 0.15) is 5.54 Å². The molecule has 4 rings (SSSR count). The summed E-state index contributed by atoms with van der Waals surface area (Å²) in [6.07, 6.45) is 4.53. The van der Waals surface area contributed by atoms with E-state index in [1.165, 1.54) is 0 Å². The lowest BCUT2D eigenvalue weighted by molar-refractivity contribution is -0.138. The number of amides is 1. The van der Waals surface area contributed by atoms with Gasteiger partial charge in [-0.15, -0.1) is 0 Å². The van der Waals surface area contributed by atoms with Crippen LogP contribution in [0.5, 0.6) is 0 Å². The van der Waals surface area contributed by atoms with Crippen molar-refractivity contribution >= 4 is 5.91 Å². The fourth-order valence-electron chi connectivity index (χ4n) is 4.30. The van der Waals surface area contributed by atoms with Crippen molar-refractivity contribution in [3.63, 3.8) is 0 Å². The van der Waals surface area contributed by atoms with Gasteiger partial charge in [0.15, 0.2) is 5.82 Å². The van der Waals surface area contributed by atoms with Crippen molar-refractivity contribution in [2.75, 3.05) is 26.3 Å². The highest BCUT2D eigenvalue weighted by Crippen LogP contribution is 2.28. The number of hydrogen-bond donors (Lipinski definition) is 1. The Kier molecular flexibility index (Phi) is 5.96. The highest BCUT2D eigenvalue weighted by atomic mass is 16.5. The van der Waals surface area contributed by atoms with Crippen LogP contribution >= 0.6 is 0 Å². The molecule has 1 aromatic heterocycles. The SMILES string of the molecule is CC(N)(C(=O)N1CCC(Cc2nc(C3CCOCC3)no2)CC1)c1ccccc1. The number of nitrogens with two attached hydrogens (primary N) is 1. The molecule has 1 aromatic carbocycles. The summed E-state index contributed by atoms with van der Waals surface area (Å²) in [5.74, 6) is 2.31. The van der Waals surface area contributed by atoms with Crippen LogP contribution in [0.3, 0.4) is 0 Å². The monoisotopic (exact) mass is 398 g/mol. The molecule has 2 aromatic rings. The van der Waals surface area contributed by atoms with E-state index in [9.17, 15) is 4.79 Å².